The van der Waals surface area contributed by atoms with Crippen molar-refractivity contribution in [2.45, 2.75) is 12.8 Å². The van der Waals surface area contributed by atoms with E-state index >= 15 is 0 Å². The lowest BCUT2D eigenvalue weighted by molar-refractivity contribution is 0.592. The summed E-state index contributed by atoms with van der Waals surface area (Å²) in [5.74, 6) is -0.219. The summed E-state index contributed by atoms with van der Waals surface area (Å²) in [6.45, 7) is 1.84. The molecule has 0 amide bonds. The number of primary sulfonamides is 1. The predicted molar refractivity (Wildman–Crippen MR) is 85.7 cm³/mol. The summed E-state index contributed by atoms with van der Waals surface area (Å²) >= 11 is 0. The minimum Gasteiger partial charge on any atom is -0.346 e. The number of benzene rings is 1. The van der Waals surface area contributed by atoms with Gasteiger partial charge in [0.25, 0.3) is 0 Å². The van der Waals surface area contributed by atoms with E-state index in [0.29, 0.717) is 0 Å². The Morgan fingerprint density at radius 2 is 1.91 bits per heavy atom. The minimum absolute atomic E-state index is 0.0676. The van der Waals surface area contributed by atoms with Gasteiger partial charge in [0, 0.05) is 17.1 Å². The van der Waals surface area contributed by atoms with Gasteiger partial charge in [-0.2, -0.15) is 0 Å². The molecule has 2 heterocycles. The van der Waals surface area contributed by atoms with Crippen molar-refractivity contribution in [3.63, 3.8) is 0 Å². The van der Waals surface area contributed by atoms with Crippen LogP contribution in [0.3, 0.4) is 0 Å². The van der Waals surface area contributed by atoms with Crippen molar-refractivity contribution in [3.05, 3.63) is 48.4 Å². The average Bonchev–Trinajstić information content (AvgIpc) is 2.94. The maximum absolute atomic E-state index is 11.2. The number of hydrogen-bond acceptors (Lipinski definition) is 4. The minimum atomic E-state index is -3.48. The summed E-state index contributed by atoms with van der Waals surface area (Å²) in [4.78, 5) is 11.6. The zero-order valence-electron chi connectivity index (χ0n) is 12.0. The fourth-order valence-corrected chi connectivity index (χ4v) is 3.41. The molecule has 0 saturated heterocycles. The van der Waals surface area contributed by atoms with Crippen molar-refractivity contribution in [2.24, 2.45) is 5.14 Å². The third kappa shape index (κ3) is 3.00. The Labute approximate surface area is 128 Å². The first kappa shape index (κ1) is 14.7. The molecule has 2 aromatic heterocycles. The molecule has 3 aromatic rings. The Balaban J connectivity index is 1.93. The molecular weight excluding hydrogens is 300 g/mol. The second-order valence-electron chi connectivity index (χ2n) is 5.31. The van der Waals surface area contributed by atoms with E-state index in [1.54, 1.807) is 0 Å². The van der Waals surface area contributed by atoms with Crippen molar-refractivity contribution in [1.82, 2.24) is 15.0 Å². The van der Waals surface area contributed by atoms with Crippen LogP contribution in [0.25, 0.3) is 22.3 Å². The Morgan fingerprint density at radius 3 is 2.59 bits per heavy atom. The van der Waals surface area contributed by atoms with Crippen LogP contribution in [0.5, 0.6) is 0 Å². The van der Waals surface area contributed by atoms with Crippen molar-refractivity contribution >= 4 is 21.1 Å². The molecule has 0 radical (unpaired) electrons. The number of nitrogens with two attached hydrogens (primary N) is 1. The highest BCUT2D eigenvalue weighted by Crippen LogP contribution is 2.26. The van der Waals surface area contributed by atoms with Crippen LogP contribution in [-0.4, -0.2) is 29.1 Å². The largest absolute Gasteiger partial charge is 0.346 e. The lowest BCUT2D eigenvalue weighted by Crippen LogP contribution is -2.20. The second-order valence-corrected chi connectivity index (χ2v) is 6.97. The Kier molecular flexibility index (Phi) is 3.67. The summed E-state index contributed by atoms with van der Waals surface area (Å²) in [6, 6.07) is 9.62. The number of H-pyrrole nitrogens is 1. The molecule has 0 aliphatic carbocycles. The molecule has 0 bridgehead atoms. The molecule has 0 fully saturated rings. The summed E-state index contributed by atoms with van der Waals surface area (Å²) in [5, 5.41) is 6.05. The van der Waals surface area contributed by atoms with Crippen molar-refractivity contribution in [2.75, 3.05) is 5.75 Å². The van der Waals surface area contributed by atoms with Crippen LogP contribution in [0.4, 0.5) is 0 Å². The highest BCUT2D eigenvalue weighted by atomic mass is 32.2. The fraction of sp³-hybridized carbons (Fsp3) is 0.200. The number of aromatic amines is 1. The second kappa shape index (κ2) is 5.51. The number of rotatable bonds is 4. The maximum Gasteiger partial charge on any atom is 0.209 e. The highest BCUT2D eigenvalue weighted by molar-refractivity contribution is 7.89. The first-order valence-electron chi connectivity index (χ1n) is 6.83. The van der Waals surface area contributed by atoms with Crippen LogP contribution in [0.1, 0.15) is 18.4 Å². The number of nitrogens with zero attached hydrogens (tertiary/aromatic N) is 2. The van der Waals surface area contributed by atoms with Gasteiger partial charge >= 0.3 is 0 Å². The van der Waals surface area contributed by atoms with E-state index in [2.05, 4.69) is 15.0 Å². The molecular formula is C15H16N4O2S. The first-order valence-corrected chi connectivity index (χ1v) is 8.54. The Hall–Kier alpha value is -2.25. The van der Waals surface area contributed by atoms with Gasteiger partial charge in [0.1, 0.15) is 12.0 Å². The standard InChI is InChI=1S/C15H16N4O2S/c1-10(8-22(16,20)21)11-2-4-12(5-3-11)14-13-6-7-17-15(13)19-9-18-14/h2-7,9-10H,8H2,1H3,(H2,16,20,21)(H,17,18,19). The molecule has 0 aliphatic rings. The van der Waals surface area contributed by atoms with Crippen molar-refractivity contribution < 1.29 is 8.42 Å². The average molecular weight is 316 g/mol. The molecule has 0 aliphatic heterocycles. The molecule has 3 rings (SSSR count). The van der Waals surface area contributed by atoms with Gasteiger partial charge in [-0.1, -0.05) is 31.2 Å². The molecule has 1 unspecified atom stereocenters. The van der Waals surface area contributed by atoms with E-state index in [0.717, 1.165) is 27.9 Å². The molecule has 3 N–H and O–H groups in total. The van der Waals surface area contributed by atoms with Gasteiger partial charge in [-0.05, 0) is 17.5 Å². The van der Waals surface area contributed by atoms with Crippen LogP contribution in [0.2, 0.25) is 0 Å². The van der Waals surface area contributed by atoms with Gasteiger partial charge < -0.3 is 4.98 Å². The lowest BCUT2D eigenvalue weighted by atomic mass is 10.00. The van der Waals surface area contributed by atoms with Crippen LogP contribution < -0.4 is 5.14 Å². The fourth-order valence-electron chi connectivity index (χ4n) is 2.52. The Morgan fingerprint density at radius 1 is 1.18 bits per heavy atom. The molecule has 7 heteroatoms. The topological polar surface area (TPSA) is 102 Å². The summed E-state index contributed by atoms with van der Waals surface area (Å²) < 4.78 is 22.4. The third-order valence-electron chi connectivity index (χ3n) is 3.59. The number of aromatic nitrogens is 3. The molecule has 0 spiro atoms. The van der Waals surface area contributed by atoms with Crippen molar-refractivity contribution in [3.8, 4) is 11.3 Å². The Bertz CT molecular complexity index is 901. The number of fused-ring (bicyclic) bond motifs is 1. The lowest BCUT2D eigenvalue weighted by Gasteiger charge is -2.11. The van der Waals surface area contributed by atoms with Gasteiger partial charge in [-0.15, -0.1) is 0 Å². The van der Waals surface area contributed by atoms with Gasteiger partial charge in [0.05, 0.1) is 11.4 Å². The van der Waals surface area contributed by atoms with E-state index in [1.165, 1.54) is 6.33 Å². The van der Waals surface area contributed by atoms with Crippen LogP contribution in [0, 0.1) is 0 Å². The van der Waals surface area contributed by atoms with E-state index in [1.807, 2.05) is 43.5 Å². The SMILES string of the molecule is CC(CS(N)(=O)=O)c1ccc(-c2ncnc3[nH]ccc23)cc1. The quantitative estimate of drug-likeness (QED) is 0.768. The van der Waals surface area contributed by atoms with Gasteiger partial charge in [-0.3, -0.25) is 0 Å². The normalized spacial score (nSPS) is 13.4. The monoisotopic (exact) mass is 316 g/mol. The summed E-state index contributed by atoms with van der Waals surface area (Å²) in [6.07, 6.45) is 3.34. The van der Waals surface area contributed by atoms with Crippen molar-refractivity contribution in [1.29, 1.82) is 0 Å². The van der Waals surface area contributed by atoms with E-state index in [9.17, 15) is 8.42 Å². The summed E-state index contributed by atoms with van der Waals surface area (Å²) in [5.41, 5.74) is 3.52. The van der Waals surface area contributed by atoms with Crippen LogP contribution in [0.15, 0.2) is 42.9 Å². The van der Waals surface area contributed by atoms with Crippen LogP contribution in [-0.2, 0) is 10.0 Å². The van der Waals surface area contributed by atoms with E-state index in [-0.39, 0.29) is 11.7 Å². The highest BCUT2D eigenvalue weighted by Gasteiger charge is 2.14. The maximum atomic E-state index is 11.2. The van der Waals surface area contributed by atoms with Crippen LogP contribution >= 0.6 is 0 Å². The number of sulfonamides is 1. The molecule has 22 heavy (non-hydrogen) atoms. The van der Waals surface area contributed by atoms with Gasteiger partial charge in [0.15, 0.2) is 0 Å². The molecule has 1 aromatic carbocycles. The molecule has 114 valence electrons. The molecule has 1 atom stereocenters. The third-order valence-corrected chi connectivity index (χ3v) is 4.55. The number of hydrogen-bond donors (Lipinski definition) is 2. The number of nitrogens with one attached hydrogen (secondary N) is 1. The van der Waals surface area contributed by atoms with Gasteiger partial charge in [0.2, 0.25) is 10.0 Å². The zero-order valence-corrected chi connectivity index (χ0v) is 12.8. The van der Waals surface area contributed by atoms with E-state index in [4.69, 9.17) is 5.14 Å². The summed E-state index contributed by atoms with van der Waals surface area (Å²) in [7, 11) is -3.48. The molecule has 0 saturated carbocycles. The van der Waals surface area contributed by atoms with E-state index < -0.39 is 10.0 Å². The zero-order chi connectivity index (χ0) is 15.7. The van der Waals surface area contributed by atoms with Gasteiger partial charge in [-0.25, -0.2) is 23.5 Å². The first-order chi connectivity index (χ1) is 10.4. The predicted octanol–water partition coefficient (Wildman–Crippen LogP) is 2.02. The molecule has 6 nitrogen and oxygen atoms in total. The smallest absolute Gasteiger partial charge is 0.209 e.